The van der Waals surface area contributed by atoms with E-state index in [0.717, 1.165) is 42.1 Å². The van der Waals surface area contributed by atoms with Gasteiger partial charge in [-0.15, -0.1) is 0 Å². The molecule has 32 heavy (non-hydrogen) atoms. The molecule has 0 N–H and O–H groups in total. The Labute approximate surface area is 199 Å². The molecule has 3 nitrogen and oxygen atoms in total. The summed E-state index contributed by atoms with van der Waals surface area (Å²) in [6.45, 7) is 7.37. The van der Waals surface area contributed by atoms with Crippen molar-refractivity contribution in [2.24, 2.45) is 5.92 Å². The van der Waals surface area contributed by atoms with Gasteiger partial charge >= 0.3 is 5.97 Å². The predicted molar refractivity (Wildman–Crippen MR) is 135 cm³/mol. The van der Waals surface area contributed by atoms with Crippen molar-refractivity contribution in [1.29, 1.82) is 0 Å². The summed E-state index contributed by atoms with van der Waals surface area (Å²) in [7, 11) is 0. The molecule has 0 amide bonds. The highest BCUT2D eigenvalue weighted by Gasteiger charge is 2.08. The summed E-state index contributed by atoms with van der Waals surface area (Å²) in [6, 6.07) is 13.4. The van der Waals surface area contributed by atoms with Crippen molar-refractivity contribution in [2.75, 3.05) is 6.61 Å². The van der Waals surface area contributed by atoms with Crippen LogP contribution in [-0.2, 0) is 4.79 Å². The lowest BCUT2D eigenvalue weighted by atomic mass is 10.0. The van der Waals surface area contributed by atoms with Crippen LogP contribution in [0.1, 0.15) is 85.0 Å². The van der Waals surface area contributed by atoms with E-state index in [9.17, 15) is 4.79 Å². The van der Waals surface area contributed by atoms with Crippen LogP contribution in [0.25, 0.3) is 11.1 Å². The van der Waals surface area contributed by atoms with Gasteiger partial charge in [0, 0.05) is 6.42 Å². The van der Waals surface area contributed by atoms with Crippen molar-refractivity contribution in [2.45, 2.75) is 85.0 Å². The van der Waals surface area contributed by atoms with Gasteiger partial charge in [0.25, 0.3) is 0 Å². The van der Waals surface area contributed by atoms with E-state index in [4.69, 9.17) is 21.1 Å². The molecule has 4 heteroatoms. The molecular weight excluding hydrogens is 420 g/mol. The molecule has 1 atom stereocenters. The second kappa shape index (κ2) is 14.9. The number of carbonyl (C=O) groups excluding carboxylic acids is 1. The first kappa shape index (κ1) is 26.3. The van der Waals surface area contributed by atoms with Gasteiger partial charge in [0.15, 0.2) is 0 Å². The minimum absolute atomic E-state index is 0.161. The summed E-state index contributed by atoms with van der Waals surface area (Å²) in [5, 5.41) is 0.612. The van der Waals surface area contributed by atoms with Crippen LogP contribution in [0.3, 0.4) is 0 Å². The molecule has 2 aromatic rings. The van der Waals surface area contributed by atoms with E-state index in [1.54, 1.807) is 0 Å². The van der Waals surface area contributed by atoms with Gasteiger partial charge in [-0.1, -0.05) is 89.1 Å². The van der Waals surface area contributed by atoms with E-state index < -0.39 is 0 Å². The topological polar surface area (TPSA) is 35.5 Å². The molecule has 0 saturated heterocycles. The van der Waals surface area contributed by atoms with Gasteiger partial charge in [0.2, 0.25) is 0 Å². The number of hydrogen-bond acceptors (Lipinski definition) is 3. The van der Waals surface area contributed by atoms with Crippen molar-refractivity contribution < 1.29 is 14.3 Å². The Morgan fingerprint density at radius 1 is 0.906 bits per heavy atom. The maximum Gasteiger partial charge on any atom is 0.311 e. The largest absolute Gasteiger partial charge is 0.492 e. The number of esters is 1. The Kier molecular flexibility index (Phi) is 12.3. The van der Waals surface area contributed by atoms with Crippen molar-refractivity contribution in [3.05, 3.63) is 47.5 Å². The van der Waals surface area contributed by atoms with Gasteiger partial charge in [-0.25, -0.2) is 0 Å². The highest BCUT2D eigenvalue weighted by atomic mass is 35.5. The Balaban J connectivity index is 1.80. The van der Waals surface area contributed by atoms with Crippen LogP contribution in [0.4, 0.5) is 0 Å². The van der Waals surface area contributed by atoms with Gasteiger partial charge < -0.3 is 9.47 Å². The first-order valence-electron chi connectivity index (χ1n) is 12.3. The second-order valence-electron chi connectivity index (χ2n) is 8.67. The lowest BCUT2D eigenvalue weighted by Crippen LogP contribution is -2.07. The molecule has 0 spiro atoms. The normalized spacial score (nSPS) is 11.9. The molecule has 0 saturated carbocycles. The fraction of sp³-hybridized carbons (Fsp3) is 0.536. The molecule has 176 valence electrons. The SMILES string of the molecule is CCCCCCCCC(=O)Oc1ccc(-c2ccc(OCCC[C@@H](C)CC)c(Cl)c2)cc1. The zero-order chi connectivity index (χ0) is 23.2. The monoisotopic (exact) mass is 458 g/mol. The third-order valence-corrected chi connectivity index (χ3v) is 6.18. The Morgan fingerprint density at radius 2 is 1.59 bits per heavy atom. The second-order valence-corrected chi connectivity index (χ2v) is 9.07. The van der Waals surface area contributed by atoms with Crippen LogP contribution >= 0.6 is 11.6 Å². The molecule has 0 bridgehead atoms. The maximum atomic E-state index is 12.0. The molecule has 0 fully saturated rings. The molecule has 0 aliphatic heterocycles. The number of rotatable bonds is 15. The number of halogens is 1. The first-order valence-corrected chi connectivity index (χ1v) is 12.6. The van der Waals surface area contributed by atoms with E-state index in [0.29, 0.717) is 23.8 Å². The Hall–Kier alpha value is -2.00. The van der Waals surface area contributed by atoms with Crippen LogP contribution in [0, 0.1) is 5.92 Å². The first-order chi connectivity index (χ1) is 15.5. The summed E-state index contributed by atoms with van der Waals surface area (Å²) in [6.07, 6.45) is 10.8. The summed E-state index contributed by atoms with van der Waals surface area (Å²) in [4.78, 5) is 12.0. The third kappa shape index (κ3) is 9.65. The number of ether oxygens (including phenoxy) is 2. The summed E-state index contributed by atoms with van der Waals surface area (Å²) in [5.41, 5.74) is 2.03. The van der Waals surface area contributed by atoms with E-state index in [1.165, 1.54) is 38.5 Å². The lowest BCUT2D eigenvalue weighted by molar-refractivity contribution is -0.134. The number of hydrogen-bond donors (Lipinski definition) is 0. The lowest BCUT2D eigenvalue weighted by Gasteiger charge is -2.12. The van der Waals surface area contributed by atoms with Crippen molar-refractivity contribution in [3.63, 3.8) is 0 Å². The average molecular weight is 459 g/mol. The summed E-state index contributed by atoms with van der Waals surface area (Å²) < 4.78 is 11.3. The molecule has 0 aromatic heterocycles. The molecule has 0 radical (unpaired) electrons. The average Bonchev–Trinajstić information content (AvgIpc) is 2.80. The molecule has 0 unspecified atom stereocenters. The van der Waals surface area contributed by atoms with Crippen LogP contribution in [-0.4, -0.2) is 12.6 Å². The minimum Gasteiger partial charge on any atom is -0.492 e. The van der Waals surface area contributed by atoms with E-state index in [1.807, 2.05) is 42.5 Å². The van der Waals surface area contributed by atoms with Crippen LogP contribution < -0.4 is 9.47 Å². The van der Waals surface area contributed by atoms with Gasteiger partial charge in [0.05, 0.1) is 11.6 Å². The zero-order valence-corrected chi connectivity index (χ0v) is 20.8. The quantitative estimate of drug-likeness (QED) is 0.152. The fourth-order valence-electron chi connectivity index (χ4n) is 3.56. The molecule has 0 heterocycles. The van der Waals surface area contributed by atoms with Crippen LogP contribution in [0.2, 0.25) is 5.02 Å². The third-order valence-electron chi connectivity index (χ3n) is 5.88. The molecule has 2 aromatic carbocycles. The molecular formula is C28H39ClO3. The minimum atomic E-state index is -0.161. The van der Waals surface area contributed by atoms with Gasteiger partial charge in [-0.2, -0.15) is 0 Å². The van der Waals surface area contributed by atoms with Crippen LogP contribution in [0.5, 0.6) is 11.5 Å². The smallest absolute Gasteiger partial charge is 0.311 e. The predicted octanol–water partition coefficient (Wildman–Crippen LogP) is 8.87. The van der Waals surface area contributed by atoms with Gasteiger partial charge in [0.1, 0.15) is 11.5 Å². The summed E-state index contributed by atoms with van der Waals surface area (Å²) >= 11 is 6.44. The maximum absolute atomic E-state index is 12.0. The molecule has 0 aliphatic carbocycles. The van der Waals surface area contributed by atoms with Crippen LogP contribution in [0.15, 0.2) is 42.5 Å². The molecule has 0 aliphatic rings. The van der Waals surface area contributed by atoms with Gasteiger partial charge in [-0.3, -0.25) is 4.79 Å². The van der Waals surface area contributed by atoms with E-state index in [-0.39, 0.29) is 5.97 Å². The van der Waals surface area contributed by atoms with Crippen molar-refractivity contribution >= 4 is 17.6 Å². The van der Waals surface area contributed by atoms with E-state index >= 15 is 0 Å². The Morgan fingerprint density at radius 3 is 2.28 bits per heavy atom. The highest BCUT2D eigenvalue weighted by molar-refractivity contribution is 6.32. The van der Waals surface area contributed by atoms with E-state index in [2.05, 4.69) is 20.8 Å². The van der Waals surface area contributed by atoms with Crippen molar-refractivity contribution in [3.8, 4) is 22.6 Å². The van der Waals surface area contributed by atoms with Crippen molar-refractivity contribution in [1.82, 2.24) is 0 Å². The Bertz CT molecular complexity index is 801. The zero-order valence-electron chi connectivity index (χ0n) is 20.0. The highest BCUT2D eigenvalue weighted by Crippen LogP contribution is 2.31. The standard InChI is InChI=1S/C28H39ClO3/c1-4-6-7-8-9-10-13-28(30)32-25-17-14-23(15-18-25)24-16-19-27(26(29)21-24)31-20-11-12-22(3)5-2/h14-19,21-22H,4-13,20H2,1-3H3/t22-/m0/s1. The summed E-state index contributed by atoms with van der Waals surface area (Å²) in [5.74, 6) is 1.87. The number of benzene rings is 2. The van der Waals surface area contributed by atoms with Gasteiger partial charge in [-0.05, 0) is 60.6 Å². The number of carbonyl (C=O) groups is 1. The fourth-order valence-corrected chi connectivity index (χ4v) is 3.80. The molecule has 2 rings (SSSR count). The number of unbranched alkanes of at least 4 members (excludes halogenated alkanes) is 5.